The number of aromatic nitrogens is 2. The molecule has 0 fully saturated rings. The largest absolute Gasteiger partial charge is 0.481 e. The number of hydrogen-bond donors (Lipinski definition) is 2. The van der Waals surface area contributed by atoms with Crippen molar-refractivity contribution < 1.29 is 28.6 Å². The zero-order valence-corrected chi connectivity index (χ0v) is 20.2. The average molecular weight is 509 g/mol. The number of halogens is 1. The van der Waals surface area contributed by atoms with Crippen LogP contribution in [0.1, 0.15) is 17.5 Å². The Morgan fingerprint density at radius 1 is 1.19 bits per heavy atom. The second-order valence-corrected chi connectivity index (χ2v) is 7.90. The van der Waals surface area contributed by atoms with Crippen molar-refractivity contribution in [1.82, 2.24) is 25.3 Å². The molecule has 3 amide bonds. The fourth-order valence-corrected chi connectivity index (χ4v) is 3.12. The van der Waals surface area contributed by atoms with Gasteiger partial charge in [-0.15, -0.1) is 5.10 Å². The third-order valence-corrected chi connectivity index (χ3v) is 5.04. The summed E-state index contributed by atoms with van der Waals surface area (Å²) in [5.74, 6) is -2.02. The van der Waals surface area contributed by atoms with Crippen LogP contribution in [-0.4, -0.2) is 63.1 Å². The van der Waals surface area contributed by atoms with Crippen LogP contribution in [0.4, 0.5) is 14.9 Å². The number of carbonyl (C=O) groups excluding carboxylic acids is 2. The first-order valence-corrected chi connectivity index (χ1v) is 11.1. The number of nitrogens with zero attached hydrogens (tertiary/aromatic N) is 5. The number of rotatable bonds is 9. The molecule has 1 aromatic heterocycles. The number of carbonyl (C=O) groups is 3. The van der Waals surface area contributed by atoms with Crippen molar-refractivity contribution in [3.63, 3.8) is 0 Å². The maximum Gasteiger partial charge on any atom is 0.326 e. The molecule has 192 valence electrons. The molecule has 37 heavy (non-hydrogen) atoms. The number of aliphatic carboxylic acids is 1. The van der Waals surface area contributed by atoms with Gasteiger partial charge in [0.1, 0.15) is 0 Å². The van der Waals surface area contributed by atoms with Crippen molar-refractivity contribution in [2.24, 2.45) is 4.99 Å². The number of carboxylic acids is 1. The van der Waals surface area contributed by atoms with Gasteiger partial charge in [0, 0.05) is 31.9 Å². The van der Waals surface area contributed by atoms with E-state index in [1.165, 1.54) is 41.2 Å². The second kappa shape index (κ2) is 12.7. The van der Waals surface area contributed by atoms with E-state index in [2.05, 4.69) is 20.5 Å². The summed E-state index contributed by atoms with van der Waals surface area (Å²) in [7, 11) is 1.43. The van der Waals surface area contributed by atoms with E-state index in [4.69, 9.17) is 9.84 Å². The van der Waals surface area contributed by atoms with Gasteiger partial charge < -0.3 is 14.7 Å². The molecule has 0 aliphatic carbocycles. The van der Waals surface area contributed by atoms with Gasteiger partial charge in [-0.05, 0) is 30.7 Å². The van der Waals surface area contributed by atoms with Crippen molar-refractivity contribution in [2.75, 3.05) is 13.6 Å². The van der Waals surface area contributed by atoms with Crippen molar-refractivity contribution in [3.8, 4) is 11.6 Å². The third kappa shape index (κ3) is 7.82. The Bertz CT molecular complexity index is 1270. The Labute approximate surface area is 212 Å². The molecule has 0 aliphatic heterocycles. The monoisotopic (exact) mass is 508 g/mol. The molecular weight excluding hydrogens is 483 g/mol. The second-order valence-electron chi connectivity index (χ2n) is 7.90. The number of hydrogen-bond acceptors (Lipinski definition) is 7. The highest BCUT2D eigenvalue weighted by molar-refractivity contribution is 6.01. The topological polar surface area (TPSA) is 137 Å². The molecule has 0 bridgehead atoms. The van der Waals surface area contributed by atoms with Gasteiger partial charge in [-0.1, -0.05) is 29.8 Å². The minimum absolute atomic E-state index is 0.00650. The zero-order valence-electron chi connectivity index (χ0n) is 20.2. The highest BCUT2D eigenvalue weighted by atomic mass is 19.1. The van der Waals surface area contributed by atoms with E-state index in [1.807, 2.05) is 31.2 Å². The minimum Gasteiger partial charge on any atom is -0.481 e. The molecular formula is C25H25FN6O5. The van der Waals surface area contributed by atoms with Crippen LogP contribution < -0.4 is 10.1 Å². The molecule has 0 atom stereocenters. The number of carboxylic acid groups (broad SMARTS) is 1. The fourth-order valence-electron chi connectivity index (χ4n) is 3.12. The van der Waals surface area contributed by atoms with Crippen molar-refractivity contribution in [2.45, 2.75) is 19.9 Å². The first-order valence-electron chi connectivity index (χ1n) is 11.1. The number of aryl methyl sites for hydroxylation is 1. The van der Waals surface area contributed by atoms with Gasteiger partial charge in [0.15, 0.2) is 11.6 Å². The van der Waals surface area contributed by atoms with Crippen LogP contribution in [-0.2, 0) is 16.1 Å². The maximum absolute atomic E-state index is 14.7. The quantitative estimate of drug-likeness (QED) is 0.256. The first-order chi connectivity index (χ1) is 17.8. The van der Waals surface area contributed by atoms with Crippen molar-refractivity contribution >= 4 is 30.1 Å². The van der Waals surface area contributed by atoms with Gasteiger partial charge in [-0.2, -0.15) is 5.10 Å². The number of ether oxygens (including phenoxy) is 1. The number of urea groups is 1. The molecule has 0 spiro atoms. The highest BCUT2D eigenvalue weighted by Gasteiger charge is 2.24. The Morgan fingerprint density at radius 3 is 2.57 bits per heavy atom. The summed E-state index contributed by atoms with van der Waals surface area (Å²) in [5.41, 5.74) is 1.83. The molecule has 3 aromatic rings. The van der Waals surface area contributed by atoms with Gasteiger partial charge in [-0.3, -0.25) is 19.8 Å². The molecule has 1 heterocycles. The Balaban J connectivity index is 1.93. The summed E-state index contributed by atoms with van der Waals surface area (Å²) in [6.07, 6.45) is 1.52. The van der Waals surface area contributed by atoms with Gasteiger partial charge in [0.25, 0.3) is 0 Å². The zero-order chi connectivity index (χ0) is 26.8. The Kier molecular flexibility index (Phi) is 9.19. The normalized spacial score (nSPS) is 10.9. The van der Waals surface area contributed by atoms with E-state index in [9.17, 15) is 18.8 Å². The summed E-state index contributed by atoms with van der Waals surface area (Å²) in [6, 6.07) is 13.7. The SMILES string of the molecule is Cc1ccc(CN(C(=O)N(C)CCC(=O)O)C(=Nc2ccc(Oc3cccnn3)c(F)c2)NC=O)cc1. The van der Waals surface area contributed by atoms with Crippen molar-refractivity contribution in [1.29, 1.82) is 0 Å². The van der Waals surface area contributed by atoms with Crippen LogP contribution in [0.15, 0.2) is 65.8 Å². The standard InChI is InChI=1S/C25H25FN6O5/c1-17-5-7-18(8-6-17)15-32(25(36)31(2)13-11-23(34)35)24(27-16-33)29-19-9-10-21(20(26)14-19)37-22-4-3-12-28-30-22/h3-10,12,14,16H,11,13,15H2,1-2H3,(H,34,35)(H,27,29,33). The highest BCUT2D eigenvalue weighted by Crippen LogP contribution is 2.27. The van der Waals surface area contributed by atoms with Crippen LogP contribution >= 0.6 is 0 Å². The molecule has 0 unspecified atom stereocenters. The van der Waals surface area contributed by atoms with E-state index < -0.39 is 17.8 Å². The Hall–Kier alpha value is -4.87. The van der Waals surface area contributed by atoms with E-state index in [1.54, 1.807) is 6.07 Å². The number of guanidine groups is 1. The summed E-state index contributed by atoms with van der Waals surface area (Å²) >= 11 is 0. The summed E-state index contributed by atoms with van der Waals surface area (Å²) < 4.78 is 20.1. The maximum atomic E-state index is 14.7. The molecule has 0 radical (unpaired) electrons. The van der Waals surface area contributed by atoms with Crippen LogP contribution in [0.3, 0.4) is 0 Å². The molecule has 0 saturated heterocycles. The number of amides is 3. The summed E-state index contributed by atoms with van der Waals surface area (Å²) in [4.78, 5) is 42.3. The minimum atomic E-state index is -1.07. The van der Waals surface area contributed by atoms with E-state index in [0.717, 1.165) is 17.2 Å². The number of benzene rings is 2. The molecule has 12 heteroatoms. The van der Waals surface area contributed by atoms with E-state index >= 15 is 0 Å². The van der Waals surface area contributed by atoms with Gasteiger partial charge in [0.2, 0.25) is 18.2 Å². The lowest BCUT2D eigenvalue weighted by atomic mass is 10.1. The van der Waals surface area contributed by atoms with Gasteiger partial charge >= 0.3 is 12.0 Å². The van der Waals surface area contributed by atoms with Gasteiger partial charge in [-0.25, -0.2) is 14.2 Å². The summed E-state index contributed by atoms with van der Waals surface area (Å²) in [5, 5.41) is 18.8. The average Bonchev–Trinajstić information content (AvgIpc) is 2.88. The van der Waals surface area contributed by atoms with Crippen LogP contribution in [0.2, 0.25) is 0 Å². The fraction of sp³-hybridized carbons (Fsp3) is 0.200. The van der Waals surface area contributed by atoms with Crippen LogP contribution in [0.5, 0.6) is 11.6 Å². The molecule has 0 aliphatic rings. The van der Waals surface area contributed by atoms with Crippen molar-refractivity contribution in [3.05, 3.63) is 77.7 Å². The van der Waals surface area contributed by atoms with Gasteiger partial charge in [0.05, 0.1) is 18.7 Å². The molecule has 0 saturated carbocycles. The van der Waals surface area contributed by atoms with E-state index in [0.29, 0.717) is 6.41 Å². The molecule has 2 N–H and O–H groups in total. The Morgan fingerprint density at radius 2 is 1.95 bits per heavy atom. The molecule has 3 rings (SSSR count). The predicted octanol–water partition coefficient (Wildman–Crippen LogP) is 3.48. The van der Waals surface area contributed by atoms with Crippen LogP contribution in [0.25, 0.3) is 0 Å². The smallest absolute Gasteiger partial charge is 0.326 e. The first kappa shape index (κ1) is 26.7. The lowest BCUT2D eigenvalue weighted by molar-refractivity contribution is -0.137. The predicted molar refractivity (Wildman–Crippen MR) is 132 cm³/mol. The molecule has 2 aromatic carbocycles. The van der Waals surface area contributed by atoms with E-state index in [-0.39, 0.29) is 42.8 Å². The number of nitrogens with one attached hydrogen (secondary N) is 1. The third-order valence-electron chi connectivity index (χ3n) is 5.04. The molecule has 11 nitrogen and oxygen atoms in total. The number of aliphatic imine (C=N–C) groups is 1. The summed E-state index contributed by atoms with van der Waals surface area (Å²) in [6.45, 7) is 1.85. The lowest BCUT2D eigenvalue weighted by Gasteiger charge is -2.28. The lowest BCUT2D eigenvalue weighted by Crippen LogP contribution is -2.49. The van der Waals surface area contributed by atoms with Crippen LogP contribution in [0, 0.1) is 12.7 Å².